The zero-order chi connectivity index (χ0) is 19.6. The topological polar surface area (TPSA) is 94.9 Å². The molecule has 0 N–H and O–H groups in total. The predicted molar refractivity (Wildman–Crippen MR) is 94.0 cm³/mol. The van der Waals surface area contributed by atoms with Crippen LogP contribution in [0.3, 0.4) is 0 Å². The van der Waals surface area contributed by atoms with Crippen molar-refractivity contribution >= 4 is 11.9 Å². The number of ether oxygens (including phenoxy) is 4. The molecule has 0 amide bonds. The number of nitrogens with zero attached hydrogens (tertiary/aromatic N) is 1. The predicted octanol–water partition coefficient (Wildman–Crippen LogP) is 2.76. The van der Waals surface area contributed by atoms with Gasteiger partial charge in [-0.1, -0.05) is 6.07 Å². The van der Waals surface area contributed by atoms with Crippen LogP contribution in [0, 0.1) is 11.3 Å². The molecule has 0 fully saturated rings. The first-order valence-electron chi connectivity index (χ1n) is 8.32. The van der Waals surface area contributed by atoms with Gasteiger partial charge in [0.1, 0.15) is 11.5 Å². The van der Waals surface area contributed by atoms with Crippen LogP contribution in [0.2, 0.25) is 0 Å². The number of nitriles is 1. The van der Waals surface area contributed by atoms with Gasteiger partial charge < -0.3 is 18.9 Å². The zero-order valence-corrected chi connectivity index (χ0v) is 15.7. The van der Waals surface area contributed by atoms with Crippen molar-refractivity contribution in [2.75, 3.05) is 27.9 Å². The maximum atomic E-state index is 11.6. The molecule has 0 aromatic heterocycles. The van der Waals surface area contributed by atoms with Crippen molar-refractivity contribution in [1.82, 2.24) is 0 Å². The highest BCUT2D eigenvalue weighted by molar-refractivity contribution is 5.70. The minimum Gasteiger partial charge on any atom is -0.497 e. The largest absolute Gasteiger partial charge is 0.497 e. The van der Waals surface area contributed by atoms with E-state index in [9.17, 15) is 14.9 Å². The lowest BCUT2D eigenvalue weighted by Gasteiger charge is -2.28. The van der Waals surface area contributed by atoms with Crippen LogP contribution in [0.4, 0.5) is 0 Å². The van der Waals surface area contributed by atoms with Crippen LogP contribution in [0.15, 0.2) is 18.2 Å². The smallest absolute Gasteiger partial charge is 0.305 e. The van der Waals surface area contributed by atoms with E-state index in [1.165, 1.54) is 21.3 Å². The fourth-order valence-corrected chi connectivity index (χ4v) is 2.70. The number of carbonyl (C=O) groups is 2. The summed E-state index contributed by atoms with van der Waals surface area (Å²) in [6.45, 7) is 2.23. The van der Waals surface area contributed by atoms with Gasteiger partial charge in [0.15, 0.2) is 0 Å². The Hall–Kier alpha value is -2.75. The Bertz CT molecular complexity index is 644. The Morgan fingerprint density at radius 2 is 1.65 bits per heavy atom. The molecule has 7 heteroatoms. The lowest BCUT2D eigenvalue weighted by Crippen LogP contribution is -2.28. The summed E-state index contributed by atoms with van der Waals surface area (Å²) >= 11 is 0. The number of rotatable bonds is 10. The second-order valence-electron chi connectivity index (χ2n) is 5.64. The van der Waals surface area contributed by atoms with Gasteiger partial charge in [-0.25, -0.2) is 0 Å². The molecule has 0 saturated carbocycles. The highest BCUT2D eigenvalue weighted by atomic mass is 16.5. The van der Waals surface area contributed by atoms with Gasteiger partial charge in [0.25, 0.3) is 0 Å². The molecular weight excluding hydrogens is 338 g/mol. The van der Waals surface area contributed by atoms with Gasteiger partial charge in [-0.3, -0.25) is 9.59 Å². The van der Waals surface area contributed by atoms with E-state index in [1.807, 2.05) is 6.92 Å². The number of esters is 2. The Kier molecular flexibility index (Phi) is 8.43. The van der Waals surface area contributed by atoms with E-state index in [2.05, 4.69) is 6.07 Å². The first kappa shape index (κ1) is 21.3. The van der Waals surface area contributed by atoms with Crippen LogP contribution >= 0.6 is 0 Å². The highest BCUT2D eigenvalue weighted by Crippen LogP contribution is 2.41. The molecule has 0 unspecified atom stereocenters. The maximum Gasteiger partial charge on any atom is 0.305 e. The van der Waals surface area contributed by atoms with Crippen LogP contribution in [-0.2, 0) is 24.5 Å². The van der Waals surface area contributed by atoms with Crippen LogP contribution < -0.4 is 9.47 Å². The molecule has 0 aliphatic rings. The average Bonchev–Trinajstić information content (AvgIpc) is 2.68. The minimum atomic E-state index is -1.10. The first-order valence-corrected chi connectivity index (χ1v) is 8.32. The molecule has 7 nitrogen and oxygen atoms in total. The van der Waals surface area contributed by atoms with E-state index in [4.69, 9.17) is 18.9 Å². The molecule has 0 heterocycles. The van der Waals surface area contributed by atoms with Crippen LogP contribution in [0.5, 0.6) is 11.5 Å². The fourth-order valence-electron chi connectivity index (χ4n) is 2.70. The van der Waals surface area contributed by atoms with Crippen molar-refractivity contribution in [2.24, 2.45) is 0 Å². The summed E-state index contributed by atoms with van der Waals surface area (Å²) in [6, 6.07) is 7.45. The third-order valence-electron chi connectivity index (χ3n) is 4.19. The van der Waals surface area contributed by atoms with E-state index in [1.54, 1.807) is 18.2 Å². The van der Waals surface area contributed by atoms with Gasteiger partial charge in [0.2, 0.25) is 0 Å². The molecule has 0 aliphatic carbocycles. The molecular formula is C19H25NO6. The molecule has 0 saturated heterocycles. The molecule has 0 radical (unpaired) electrons. The number of benzene rings is 1. The number of carbonyl (C=O) groups excluding carboxylic acids is 2. The molecule has 0 atom stereocenters. The third-order valence-corrected chi connectivity index (χ3v) is 4.19. The molecule has 142 valence electrons. The van der Waals surface area contributed by atoms with Crippen molar-refractivity contribution < 1.29 is 28.5 Å². The highest BCUT2D eigenvalue weighted by Gasteiger charge is 2.36. The average molecular weight is 363 g/mol. The number of methoxy groups -OCH3 is 3. The molecule has 26 heavy (non-hydrogen) atoms. The van der Waals surface area contributed by atoms with Gasteiger partial charge in [0, 0.05) is 24.5 Å². The van der Waals surface area contributed by atoms with Crippen molar-refractivity contribution in [3.05, 3.63) is 23.8 Å². The standard InChI is InChI=1S/C19H25NO6/c1-5-26-16-12-14(23-2)6-7-15(16)19(13-20,10-8-17(21)24-3)11-9-18(22)25-4/h6-7,12H,5,8-11H2,1-4H3. The molecule has 0 bridgehead atoms. The van der Waals surface area contributed by atoms with Gasteiger partial charge in [-0.2, -0.15) is 5.26 Å². The monoisotopic (exact) mass is 363 g/mol. The number of hydrogen-bond donors (Lipinski definition) is 0. The van der Waals surface area contributed by atoms with E-state index in [0.29, 0.717) is 23.7 Å². The van der Waals surface area contributed by atoms with E-state index < -0.39 is 17.4 Å². The summed E-state index contributed by atoms with van der Waals surface area (Å²) in [5.41, 5.74) is -0.491. The van der Waals surface area contributed by atoms with Crippen LogP contribution in [0.25, 0.3) is 0 Å². The third kappa shape index (κ3) is 5.38. The summed E-state index contributed by atoms with van der Waals surface area (Å²) in [5, 5.41) is 9.98. The summed E-state index contributed by atoms with van der Waals surface area (Å²) in [5.74, 6) is 0.233. The van der Waals surface area contributed by atoms with Gasteiger partial charge in [0.05, 0.1) is 39.4 Å². The number of hydrogen-bond acceptors (Lipinski definition) is 7. The Morgan fingerprint density at radius 3 is 2.08 bits per heavy atom. The SMILES string of the molecule is CCOc1cc(OC)ccc1C(C#N)(CCC(=O)OC)CCC(=O)OC. The van der Waals surface area contributed by atoms with E-state index in [0.717, 1.165) is 0 Å². The van der Waals surface area contributed by atoms with Gasteiger partial charge >= 0.3 is 11.9 Å². The second kappa shape index (κ2) is 10.3. The second-order valence-corrected chi connectivity index (χ2v) is 5.64. The van der Waals surface area contributed by atoms with E-state index >= 15 is 0 Å². The van der Waals surface area contributed by atoms with Gasteiger partial charge in [-0.15, -0.1) is 0 Å². The molecule has 1 aromatic carbocycles. The van der Waals surface area contributed by atoms with Gasteiger partial charge in [-0.05, 0) is 25.8 Å². The van der Waals surface area contributed by atoms with Crippen LogP contribution in [-0.4, -0.2) is 39.9 Å². The summed E-state index contributed by atoms with van der Waals surface area (Å²) in [4.78, 5) is 23.3. The minimum absolute atomic E-state index is 0.0445. The molecule has 1 aromatic rings. The molecule has 1 rings (SSSR count). The van der Waals surface area contributed by atoms with Crippen molar-refractivity contribution in [3.8, 4) is 17.6 Å². The Labute approximate surface area is 153 Å². The lowest BCUT2D eigenvalue weighted by atomic mass is 9.74. The fraction of sp³-hybridized carbons (Fsp3) is 0.526. The maximum absolute atomic E-state index is 11.6. The Morgan fingerprint density at radius 1 is 1.08 bits per heavy atom. The molecule has 0 aliphatic heterocycles. The van der Waals surface area contributed by atoms with Crippen LogP contribution in [0.1, 0.15) is 38.2 Å². The molecule has 0 spiro atoms. The van der Waals surface area contributed by atoms with Crippen molar-refractivity contribution in [1.29, 1.82) is 5.26 Å². The zero-order valence-electron chi connectivity index (χ0n) is 15.7. The quantitative estimate of drug-likeness (QED) is 0.590. The first-order chi connectivity index (χ1) is 12.5. The summed E-state index contributed by atoms with van der Waals surface area (Å²) in [6.07, 6.45) is 0.477. The van der Waals surface area contributed by atoms with Crippen molar-refractivity contribution in [2.45, 2.75) is 38.0 Å². The lowest BCUT2D eigenvalue weighted by molar-refractivity contribution is -0.141. The van der Waals surface area contributed by atoms with Crippen molar-refractivity contribution in [3.63, 3.8) is 0 Å². The summed E-state index contributed by atoms with van der Waals surface area (Å²) in [7, 11) is 4.13. The summed E-state index contributed by atoms with van der Waals surface area (Å²) < 4.78 is 20.3. The normalized spacial score (nSPS) is 10.6. The Balaban J connectivity index is 3.34. The van der Waals surface area contributed by atoms with E-state index in [-0.39, 0.29) is 25.7 Å².